The van der Waals surface area contributed by atoms with E-state index < -0.39 is 27.8 Å². The van der Waals surface area contributed by atoms with Crippen molar-refractivity contribution in [1.29, 1.82) is 0 Å². The van der Waals surface area contributed by atoms with E-state index in [1.54, 1.807) is 6.92 Å². The number of esters is 1. The Labute approximate surface area is 126 Å². The van der Waals surface area contributed by atoms with Crippen molar-refractivity contribution in [2.24, 2.45) is 5.73 Å². The predicted molar refractivity (Wildman–Crippen MR) is 78.7 cm³/mol. The normalized spacial score (nSPS) is 26.1. The Hall–Kier alpha value is -0.700. The summed E-state index contributed by atoms with van der Waals surface area (Å²) in [7, 11) is -3.72. The molecule has 2 rings (SSSR count). The van der Waals surface area contributed by atoms with Crippen molar-refractivity contribution >= 4 is 16.2 Å². The van der Waals surface area contributed by atoms with Gasteiger partial charge < -0.3 is 10.5 Å². The van der Waals surface area contributed by atoms with E-state index in [0.29, 0.717) is 19.4 Å². The Bertz CT molecular complexity index is 474. The summed E-state index contributed by atoms with van der Waals surface area (Å²) < 4.78 is 34.2. The molecule has 7 nitrogen and oxygen atoms in total. The van der Waals surface area contributed by atoms with Gasteiger partial charge in [-0.15, -0.1) is 0 Å². The van der Waals surface area contributed by atoms with E-state index in [0.717, 1.165) is 25.7 Å². The van der Waals surface area contributed by atoms with Gasteiger partial charge in [0.1, 0.15) is 6.04 Å². The molecule has 0 bridgehead atoms. The van der Waals surface area contributed by atoms with E-state index >= 15 is 0 Å². The number of nitrogens with two attached hydrogens (primary N) is 1. The minimum atomic E-state index is -3.72. The lowest BCUT2D eigenvalue weighted by atomic mass is 10.0. The highest BCUT2D eigenvalue weighted by atomic mass is 32.2. The second-order valence-electron chi connectivity index (χ2n) is 5.82. The van der Waals surface area contributed by atoms with Gasteiger partial charge in [-0.1, -0.05) is 12.8 Å². The molecule has 1 saturated heterocycles. The molecule has 1 atom stereocenters. The number of carbonyl (C=O) groups excluding carboxylic acids is 1. The quantitative estimate of drug-likeness (QED) is 0.677. The fourth-order valence-electron chi connectivity index (χ4n) is 3.23. The van der Waals surface area contributed by atoms with Crippen LogP contribution in [0.3, 0.4) is 0 Å². The highest BCUT2D eigenvalue weighted by molar-refractivity contribution is 7.87. The number of nitrogens with zero attached hydrogens (tertiary/aromatic N) is 1. The van der Waals surface area contributed by atoms with Crippen LogP contribution >= 0.6 is 0 Å². The highest BCUT2D eigenvalue weighted by Gasteiger charge is 2.44. The van der Waals surface area contributed by atoms with Gasteiger partial charge in [0.25, 0.3) is 10.2 Å². The van der Waals surface area contributed by atoms with Gasteiger partial charge in [-0.3, -0.25) is 4.79 Å². The molecule has 8 heteroatoms. The maximum Gasteiger partial charge on any atom is 0.324 e. The molecule has 0 radical (unpaired) electrons. The Balaban J connectivity index is 2.12. The second-order valence-corrected chi connectivity index (χ2v) is 7.44. The van der Waals surface area contributed by atoms with Crippen molar-refractivity contribution in [3.63, 3.8) is 0 Å². The molecule has 2 fully saturated rings. The van der Waals surface area contributed by atoms with E-state index in [1.165, 1.54) is 4.31 Å². The SMILES string of the molecule is CCOC(=O)C1CCCN1S(=O)(=O)NC1(CN)CCCC1. The van der Waals surface area contributed by atoms with Crippen LogP contribution in [0, 0.1) is 0 Å². The van der Waals surface area contributed by atoms with Crippen molar-refractivity contribution in [2.45, 2.75) is 57.0 Å². The van der Waals surface area contributed by atoms with Gasteiger partial charge in [-0.25, -0.2) is 0 Å². The highest BCUT2D eigenvalue weighted by Crippen LogP contribution is 2.31. The maximum absolute atomic E-state index is 12.6. The van der Waals surface area contributed by atoms with Crippen molar-refractivity contribution < 1.29 is 17.9 Å². The molecular weight excluding hydrogens is 294 g/mol. The first-order valence-electron chi connectivity index (χ1n) is 7.61. The third-order valence-corrected chi connectivity index (χ3v) is 6.11. The average Bonchev–Trinajstić information content (AvgIpc) is 3.07. The first-order chi connectivity index (χ1) is 9.94. The zero-order valence-electron chi connectivity index (χ0n) is 12.5. The molecule has 0 aromatic carbocycles. The summed E-state index contributed by atoms with van der Waals surface area (Å²) in [5.74, 6) is -0.464. The molecule has 1 unspecified atom stereocenters. The first kappa shape index (κ1) is 16.7. The zero-order chi connectivity index (χ0) is 15.5. The van der Waals surface area contributed by atoms with Crippen LogP contribution in [-0.4, -0.2) is 50.0 Å². The van der Waals surface area contributed by atoms with Crippen LogP contribution in [0.15, 0.2) is 0 Å². The molecule has 0 amide bonds. The van der Waals surface area contributed by atoms with E-state index in [2.05, 4.69) is 4.72 Å². The summed E-state index contributed by atoms with van der Waals surface area (Å²) >= 11 is 0. The van der Waals surface area contributed by atoms with E-state index in [1.807, 2.05) is 0 Å². The van der Waals surface area contributed by atoms with Gasteiger partial charge in [-0.05, 0) is 32.6 Å². The predicted octanol–water partition coefficient (Wildman–Crippen LogP) is 0.120. The molecule has 0 aromatic heterocycles. The van der Waals surface area contributed by atoms with E-state index in [4.69, 9.17) is 10.5 Å². The van der Waals surface area contributed by atoms with Gasteiger partial charge >= 0.3 is 5.97 Å². The second kappa shape index (κ2) is 6.60. The molecular formula is C13H25N3O4S. The fraction of sp³-hybridized carbons (Fsp3) is 0.923. The molecule has 2 aliphatic rings. The molecule has 1 saturated carbocycles. The van der Waals surface area contributed by atoms with Gasteiger partial charge in [-0.2, -0.15) is 17.4 Å². The Morgan fingerprint density at radius 3 is 2.62 bits per heavy atom. The number of nitrogens with one attached hydrogen (secondary N) is 1. The van der Waals surface area contributed by atoms with Gasteiger partial charge in [0, 0.05) is 18.6 Å². The van der Waals surface area contributed by atoms with Crippen LogP contribution in [0.5, 0.6) is 0 Å². The molecule has 21 heavy (non-hydrogen) atoms. The zero-order valence-corrected chi connectivity index (χ0v) is 13.3. The number of rotatable bonds is 6. The largest absolute Gasteiger partial charge is 0.465 e. The third-order valence-electron chi connectivity index (χ3n) is 4.37. The summed E-state index contributed by atoms with van der Waals surface area (Å²) in [5, 5.41) is 0. The van der Waals surface area contributed by atoms with Crippen molar-refractivity contribution in [2.75, 3.05) is 19.7 Å². The number of ether oxygens (including phenoxy) is 1. The van der Waals surface area contributed by atoms with Gasteiger partial charge in [0.05, 0.1) is 6.61 Å². The summed E-state index contributed by atoms with van der Waals surface area (Å²) in [5.41, 5.74) is 5.22. The Kier molecular flexibility index (Phi) is 5.24. The molecule has 1 aliphatic heterocycles. The topological polar surface area (TPSA) is 102 Å². The number of carbonyl (C=O) groups is 1. The van der Waals surface area contributed by atoms with Gasteiger partial charge in [0.15, 0.2) is 0 Å². The Morgan fingerprint density at radius 2 is 2.05 bits per heavy atom. The smallest absolute Gasteiger partial charge is 0.324 e. The lowest BCUT2D eigenvalue weighted by molar-refractivity contribution is -0.146. The lowest BCUT2D eigenvalue weighted by Gasteiger charge is -2.32. The summed E-state index contributed by atoms with van der Waals surface area (Å²) in [6, 6.07) is -0.710. The van der Waals surface area contributed by atoms with Gasteiger partial charge in [0.2, 0.25) is 0 Å². The average molecular weight is 319 g/mol. The first-order valence-corrected chi connectivity index (χ1v) is 9.05. The van der Waals surface area contributed by atoms with E-state index in [9.17, 15) is 13.2 Å². The number of hydrogen-bond donors (Lipinski definition) is 2. The molecule has 0 spiro atoms. The van der Waals surface area contributed by atoms with Crippen LogP contribution in [0.25, 0.3) is 0 Å². The molecule has 0 aromatic rings. The summed E-state index contributed by atoms with van der Waals surface area (Å²) in [6.45, 7) is 2.60. The van der Waals surface area contributed by atoms with Crippen molar-refractivity contribution in [3.05, 3.63) is 0 Å². The summed E-state index contributed by atoms with van der Waals surface area (Å²) in [4.78, 5) is 11.9. The van der Waals surface area contributed by atoms with Crippen LogP contribution in [0.2, 0.25) is 0 Å². The standard InChI is InChI=1S/C13H25N3O4S/c1-2-20-12(17)11-6-5-9-16(11)21(18,19)15-13(10-14)7-3-4-8-13/h11,15H,2-10,14H2,1H3. The van der Waals surface area contributed by atoms with Crippen LogP contribution in [0.4, 0.5) is 0 Å². The van der Waals surface area contributed by atoms with Crippen LogP contribution < -0.4 is 10.5 Å². The van der Waals surface area contributed by atoms with Crippen LogP contribution in [0.1, 0.15) is 45.4 Å². The molecule has 122 valence electrons. The fourth-order valence-corrected chi connectivity index (χ4v) is 5.08. The lowest BCUT2D eigenvalue weighted by Crippen LogP contribution is -2.57. The molecule has 1 aliphatic carbocycles. The van der Waals surface area contributed by atoms with Crippen LogP contribution in [-0.2, 0) is 19.7 Å². The number of hydrogen-bond acceptors (Lipinski definition) is 5. The van der Waals surface area contributed by atoms with Crippen molar-refractivity contribution in [1.82, 2.24) is 9.03 Å². The Morgan fingerprint density at radius 1 is 1.38 bits per heavy atom. The summed E-state index contributed by atoms with van der Waals surface area (Å²) in [6.07, 6.45) is 4.62. The third kappa shape index (κ3) is 3.56. The van der Waals surface area contributed by atoms with E-state index in [-0.39, 0.29) is 13.2 Å². The van der Waals surface area contributed by atoms with Crippen molar-refractivity contribution in [3.8, 4) is 0 Å². The minimum Gasteiger partial charge on any atom is -0.465 e. The monoisotopic (exact) mass is 319 g/mol. The maximum atomic E-state index is 12.6. The minimum absolute atomic E-state index is 0.253. The molecule has 1 heterocycles. The molecule has 3 N–H and O–H groups in total.